The average Bonchev–Trinajstić information content (AvgIpc) is 3.08. The van der Waals surface area contributed by atoms with Crippen LogP contribution in [0.4, 0.5) is 0 Å². The summed E-state index contributed by atoms with van der Waals surface area (Å²) < 4.78 is 24.8. The fraction of sp³-hybridized carbons (Fsp3) is 0.300. The van der Waals surface area contributed by atoms with Crippen LogP contribution in [0, 0.1) is 5.92 Å². The third-order valence-corrected chi connectivity index (χ3v) is 6.44. The first-order chi connectivity index (χ1) is 13.3. The molecule has 0 saturated carbocycles. The fourth-order valence-electron chi connectivity index (χ4n) is 2.90. The van der Waals surface area contributed by atoms with Crippen LogP contribution in [0.2, 0.25) is 5.02 Å². The smallest absolute Gasteiger partial charge is 0.221 e. The first kappa shape index (κ1) is 20.4. The lowest BCUT2D eigenvalue weighted by Crippen LogP contribution is -2.33. The molecule has 1 aromatic heterocycles. The van der Waals surface area contributed by atoms with Crippen molar-refractivity contribution in [3.05, 3.63) is 59.4 Å². The molecule has 6 nitrogen and oxygen atoms in total. The summed E-state index contributed by atoms with van der Waals surface area (Å²) in [6.45, 7) is 3.95. The third-order valence-electron chi connectivity index (χ3n) is 4.46. The van der Waals surface area contributed by atoms with Gasteiger partial charge in [0.25, 0.3) is 0 Å². The number of carbonyl (C=O) groups excluding carboxylic acids is 1. The van der Waals surface area contributed by atoms with Crippen molar-refractivity contribution in [2.75, 3.05) is 5.75 Å². The van der Waals surface area contributed by atoms with Crippen molar-refractivity contribution in [2.45, 2.75) is 31.2 Å². The highest BCUT2D eigenvalue weighted by molar-refractivity contribution is 7.91. The number of amides is 1. The zero-order valence-electron chi connectivity index (χ0n) is 15.6. The van der Waals surface area contributed by atoms with E-state index in [1.807, 2.05) is 38.1 Å². The Morgan fingerprint density at radius 3 is 2.46 bits per heavy atom. The molecule has 28 heavy (non-hydrogen) atoms. The van der Waals surface area contributed by atoms with E-state index in [0.29, 0.717) is 10.8 Å². The van der Waals surface area contributed by atoms with Crippen LogP contribution in [0.25, 0.3) is 11.0 Å². The van der Waals surface area contributed by atoms with Gasteiger partial charge in [0.2, 0.25) is 5.91 Å². The normalized spacial score (nSPS) is 13.0. The lowest BCUT2D eigenvalue weighted by Gasteiger charge is -2.20. The number of sulfone groups is 1. The molecule has 0 fully saturated rings. The van der Waals surface area contributed by atoms with Gasteiger partial charge in [-0.25, -0.2) is 13.4 Å². The van der Waals surface area contributed by atoms with Crippen LogP contribution < -0.4 is 5.32 Å². The topological polar surface area (TPSA) is 91.9 Å². The van der Waals surface area contributed by atoms with Crippen molar-refractivity contribution in [3.8, 4) is 0 Å². The van der Waals surface area contributed by atoms with Gasteiger partial charge < -0.3 is 10.3 Å². The molecule has 0 spiro atoms. The molecule has 148 valence electrons. The van der Waals surface area contributed by atoms with Gasteiger partial charge in [0.15, 0.2) is 9.84 Å². The number of halogens is 1. The largest absolute Gasteiger partial charge is 0.346 e. The zero-order chi connectivity index (χ0) is 20.3. The molecule has 1 unspecified atom stereocenters. The first-order valence-electron chi connectivity index (χ1n) is 8.98. The molecule has 2 N–H and O–H groups in total. The van der Waals surface area contributed by atoms with Crippen LogP contribution in [0.1, 0.15) is 32.1 Å². The van der Waals surface area contributed by atoms with Gasteiger partial charge in [-0.15, -0.1) is 0 Å². The Bertz CT molecular complexity index is 1040. The second-order valence-electron chi connectivity index (χ2n) is 6.95. The number of rotatable bonds is 7. The number of hydrogen-bond donors (Lipinski definition) is 2. The highest BCUT2D eigenvalue weighted by Crippen LogP contribution is 2.22. The zero-order valence-corrected chi connectivity index (χ0v) is 17.2. The van der Waals surface area contributed by atoms with Crippen LogP contribution in [0.3, 0.4) is 0 Å². The summed E-state index contributed by atoms with van der Waals surface area (Å²) in [7, 11) is -3.56. The van der Waals surface area contributed by atoms with Crippen LogP contribution >= 0.6 is 11.6 Å². The quantitative estimate of drug-likeness (QED) is 0.607. The number of hydrogen-bond acceptors (Lipinski definition) is 4. The van der Waals surface area contributed by atoms with E-state index in [0.717, 1.165) is 11.0 Å². The minimum absolute atomic E-state index is 0.0809. The molecule has 2 aromatic carbocycles. The van der Waals surface area contributed by atoms with E-state index in [1.54, 1.807) is 0 Å². The number of aromatic amines is 1. The lowest BCUT2D eigenvalue weighted by molar-refractivity contribution is -0.121. The Hall–Kier alpha value is -2.38. The van der Waals surface area contributed by atoms with Gasteiger partial charge in [0.05, 0.1) is 27.7 Å². The number of para-hydroxylation sites is 2. The SMILES string of the molecule is CC(C)C(NC(=O)CCS(=O)(=O)c1ccc(Cl)cc1)c1nc2ccccc2[nH]1. The van der Waals surface area contributed by atoms with Crippen molar-refractivity contribution >= 4 is 38.4 Å². The van der Waals surface area contributed by atoms with Gasteiger partial charge in [-0.05, 0) is 42.3 Å². The van der Waals surface area contributed by atoms with E-state index in [2.05, 4.69) is 15.3 Å². The van der Waals surface area contributed by atoms with Gasteiger partial charge in [-0.1, -0.05) is 37.6 Å². The maximum absolute atomic E-state index is 12.4. The molecule has 0 aliphatic carbocycles. The van der Waals surface area contributed by atoms with Crippen molar-refractivity contribution < 1.29 is 13.2 Å². The predicted molar refractivity (Wildman–Crippen MR) is 110 cm³/mol. The minimum atomic E-state index is -3.56. The van der Waals surface area contributed by atoms with E-state index in [-0.39, 0.29) is 34.9 Å². The summed E-state index contributed by atoms with van der Waals surface area (Å²) in [6, 6.07) is 13.2. The van der Waals surface area contributed by atoms with Crippen molar-refractivity contribution in [1.82, 2.24) is 15.3 Å². The van der Waals surface area contributed by atoms with Crippen molar-refractivity contribution in [1.29, 1.82) is 0 Å². The van der Waals surface area contributed by atoms with Crippen LogP contribution in [0.15, 0.2) is 53.4 Å². The lowest BCUT2D eigenvalue weighted by atomic mass is 10.0. The van der Waals surface area contributed by atoms with E-state index in [1.165, 1.54) is 24.3 Å². The highest BCUT2D eigenvalue weighted by Gasteiger charge is 2.23. The highest BCUT2D eigenvalue weighted by atomic mass is 35.5. The monoisotopic (exact) mass is 419 g/mol. The third kappa shape index (κ3) is 4.72. The predicted octanol–water partition coefficient (Wildman–Crippen LogP) is 3.89. The molecule has 0 radical (unpaired) electrons. The maximum Gasteiger partial charge on any atom is 0.221 e. The molecule has 0 saturated heterocycles. The number of nitrogens with one attached hydrogen (secondary N) is 2. The van der Waals surface area contributed by atoms with Gasteiger partial charge >= 0.3 is 0 Å². The molecule has 1 heterocycles. The number of fused-ring (bicyclic) bond motifs is 1. The van der Waals surface area contributed by atoms with Gasteiger partial charge in [-0.2, -0.15) is 0 Å². The number of aromatic nitrogens is 2. The van der Waals surface area contributed by atoms with Crippen LogP contribution in [0.5, 0.6) is 0 Å². The second-order valence-corrected chi connectivity index (χ2v) is 9.50. The second kappa shape index (κ2) is 8.32. The molecule has 8 heteroatoms. The molecule has 0 aliphatic heterocycles. The summed E-state index contributed by atoms with van der Waals surface area (Å²) >= 11 is 5.80. The number of nitrogens with zero attached hydrogens (tertiary/aromatic N) is 1. The number of H-pyrrole nitrogens is 1. The molecule has 1 amide bonds. The Balaban J connectivity index is 1.68. The summed E-state index contributed by atoms with van der Waals surface area (Å²) in [5.74, 6) is 0.130. The van der Waals surface area contributed by atoms with Gasteiger partial charge in [0, 0.05) is 11.4 Å². The van der Waals surface area contributed by atoms with E-state index >= 15 is 0 Å². The maximum atomic E-state index is 12.4. The average molecular weight is 420 g/mol. The van der Waals surface area contributed by atoms with Crippen LogP contribution in [-0.4, -0.2) is 30.0 Å². The molecule has 3 aromatic rings. The first-order valence-corrected chi connectivity index (χ1v) is 11.0. The standard InChI is InChI=1S/C20H22ClN3O3S/c1-13(2)19(20-22-16-5-3-4-6-17(16)23-20)24-18(25)11-12-28(26,27)15-9-7-14(21)8-10-15/h3-10,13,19H,11-12H2,1-2H3,(H,22,23)(H,24,25). The van der Waals surface area contributed by atoms with Gasteiger partial charge in [0.1, 0.15) is 5.82 Å². The number of imidazole rings is 1. The molecular weight excluding hydrogens is 398 g/mol. The molecule has 3 rings (SSSR count). The van der Waals surface area contributed by atoms with Crippen molar-refractivity contribution in [2.24, 2.45) is 5.92 Å². The van der Waals surface area contributed by atoms with E-state index in [4.69, 9.17) is 11.6 Å². The van der Waals surface area contributed by atoms with Crippen molar-refractivity contribution in [3.63, 3.8) is 0 Å². The fourth-order valence-corrected chi connectivity index (χ4v) is 4.27. The Morgan fingerprint density at radius 2 is 1.82 bits per heavy atom. The summed E-state index contributed by atoms with van der Waals surface area (Å²) in [5.41, 5.74) is 1.71. The Kier molecular flexibility index (Phi) is 6.05. The Labute approximate surface area is 169 Å². The van der Waals surface area contributed by atoms with E-state index < -0.39 is 9.84 Å². The number of benzene rings is 2. The summed E-state index contributed by atoms with van der Waals surface area (Å²) in [6.07, 6.45) is -0.131. The molecule has 1 atom stereocenters. The van der Waals surface area contributed by atoms with Gasteiger partial charge in [-0.3, -0.25) is 4.79 Å². The molecule has 0 bridgehead atoms. The molecule has 0 aliphatic rings. The molecular formula is C20H22ClN3O3S. The van der Waals surface area contributed by atoms with E-state index in [9.17, 15) is 13.2 Å². The van der Waals surface area contributed by atoms with Crippen LogP contribution in [-0.2, 0) is 14.6 Å². The number of carbonyl (C=O) groups is 1. The summed E-state index contributed by atoms with van der Waals surface area (Å²) in [4.78, 5) is 20.4. The minimum Gasteiger partial charge on any atom is -0.346 e. The summed E-state index contributed by atoms with van der Waals surface area (Å²) in [5, 5.41) is 3.37. The Morgan fingerprint density at radius 1 is 1.14 bits per heavy atom.